The Morgan fingerprint density at radius 1 is 1.29 bits per heavy atom. The number of anilines is 1. The second-order valence-corrected chi connectivity index (χ2v) is 4.38. The molecule has 1 saturated carbocycles. The Balaban J connectivity index is 1.89. The molecule has 0 aromatic heterocycles. The summed E-state index contributed by atoms with van der Waals surface area (Å²) in [5, 5.41) is 12.5. The van der Waals surface area contributed by atoms with Gasteiger partial charge >= 0.3 is 0 Å². The summed E-state index contributed by atoms with van der Waals surface area (Å²) in [5.74, 6) is 0. The van der Waals surface area contributed by atoms with Gasteiger partial charge in [0, 0.05) is 17.6 Å². The van der Waals surface area contributed by atoms with Crippen molar-refractivity contribution < 1.29 is 5.11 Å². The van der Waals surface area contributed by atoms with E-state index in [0.717, 1.165) is 25.1 Å². The lowest BCUT2D eigenvalue weighted by atomic mass is 10.1. The maximum atomic E-state index is 9.14. The van der Waals surface area contributed by atoms with Gasteiger partial charge in [-0.3, -0.25) is 0 Å². The Morgan fingerprint density at radius 3 is 2.43 bits per heavy atom. The molecule has 0 amide bonds. The molecule has 0 aliphatic heterocycles. The smallest absolute Gasteiger partial charge is 0.0504 e. The molecule has 14 heavy (non-hydrogen) atoms. The zero-order valence-corrected chi connectivity index (χ0v) is 8.59. The predicted octanol–water partition coefficient (Wildman–Crippen LogP) is 2.18. The molecule has 0 heterocycles. The highest BCUT2D eigenvalue weighted by Gasteiger charge is 2.41. The first-order valence-electron chi connectivity index (χ1n) is 5.16. The molecular formula is C12H17NO. The molecule has 2 heteroatoms. The van der Waals surface area contributed by atoms with Crippen LogP contribution in [0.2, 0.25) is 0 Å². The number of benzene rings is 1. The first-order valence-corrected chi connectivity index (χ1v) is 5.16. The molecule has 0 saturated heterocycles. The van der Waals surface area contributed by atoms with Crippen LogP contribution in [-0.4, -0.2) is 18.3 Å². The number of aliphatic hydroxyl groups is 1. The van der Waals surface area contributed by atoms with E-state index in [1.165, 1.54) is 5.56 Å². The van der Waals surface area contributed by atoms with Crippen molar-refractivity contribution in [3.05, 3.63) is 29.8 Å². The van der Waals surface area contributed by atoms with Crippen LogP contribution in [0, 0.1) is 12.3 Å². The van der Waals surface area contributed by atoms with Gasteiger partial charge in [-0.25, -0.2) is 0 Å². The number of hydrogen-bond donors (Lipinski definition) is 2. The maximum Gasteiger partial charge on any atom is 0.0504 e. The lowest BCUT2D eigenvalue weighted by Gasteiger charge is -2.13. The minimum atomic E-state index is 0.185. The van der Waals surface area contributed by atoms with Crippen molar-refractivity contribution in [3.63, 3.8) is 0 Å². The summed E-state index contributed by atoms with van der Waals surface area (Å²) in [6.45, 7) is 3.29. The third kappa shape index (κ3) is 2.07. The van der Waals surface area contributed by atoms with E-state index >= 15 is 0 Å². The van der Waals surface area contributed by atoms with Gasteiger partial charge in [0.15, 0.2) is 0 Å². The van der Waals surface area contributed by atoms with Gasteiger partial charge in [0.2, 0.25) is 0 Å². The molecule has 0 spiro atoms. The molecule has 1 fully saturated rings. The molecule has 0 radical (unpaired) electrons. The van der Waals surface area contributed by atoms with Crippen LogP contribution in [0.25, 0.3) is 0 Å². The Hall–Kier alpha value is -1.02. The van der Waals surface area contributed by atoms with E-state index in [1.807, 2.05) is 0 Å². The second kappa shape index (κ2) is 3.62. The number of aryl methyl sites for hydroxylation is 1. The number of nitrogens with one attached hydrogen (secondary N) is 1. The minimum absolute atomic E-state index is 0.185. The molecule has 76 valence electrons. The van der Waals surface area contributed by atoms with Gasteiger partial charge in [0.25, 0.3) is 0 Å². The van der Waals surface area contributed by atoms with E-state index in [-0.39, 0.29) is 5.41 Å². The van der Waals surface area contributed by atoms with Crippen molar-refractivity contribution in [1.82, 2.24) is 0 Å². The fourth-order valence-electron chi connectivity index (χ4n) is 1.53. The second-order valence-electron chi connectivity index (χ2n) is 4.38. The van der Waals surface area contributed by atoms with Crippen molar-refractivity contribution in [2.75, 3.05) is 18.5 Å². The third-order valence-electron chi connectivity index (χ3n) is 3.01. The topological polar surface area (TPSA) is 32.3 Å². The van der Waals surface area contributed by atoms with Gasteiger partial charge in [-0.05, 0) is 31.9 Å². The van der Waals surface area contributed by atoms with Crippen molar-refractivity contribution in [1.29, 1.82) is 0 Å². The first-order chi connectivity index (χ1) is 6.74. The molecule has 1 aromatic rings. The predicted molar refractivity (Wildman–Crippen MR) is 58.4 cm³/mol. The zero-order chi connectivity index (χ0) is 10.0. The molecule has 0 bridgehead atoms. The average molecular weight is 191 g/mol. The molecule has 0 unspecified atom stereocenters. The monoisotopic (exact) mass is 191 g/mol. The highest BCUT2D eigenvalue weighted by molar-refractivity contribution is 5.44. The number of rotatable bonds is 4. The number of hydrogen-bond acceptors (Lipinski definition) is 2. The van der Waals surface area contributed by atoms with Gasteiger partial charge in [-0.2, -0.15) is 0 Å². The van der Waals surface area contributed by atoms with Crippen molar-refractivity contribution in [3.8, 4) is 0 Å². The molecule has 2 rings (SSSR count). The Kier molecular flexibility index (Phi) is 2.46. The van der Waals surface area contributed by atoms with Crippen molar-refractivity contribution in [2.45, 2.75) is 19.8 Å². The SMILES string of the molecule is Cc1ccc(NCC2(CO)CC2)cc1. The van der Waals surface area contributed by atoms with E-state index in [9.17, 15) is 0 Å². The molecule has 0 atom stereocenters. The van der Waals surface area contributed by atoms with E-state index in [0.29, 0.717) is 6.61 Å². The van der Waals surface area contributed by atoms with Gasteiger partial charge in [-0.1, -0.05) is 17.7 Å². The van der Waals surface area contributed by atoms with E-state index < -0.39 is 0 Å². The van der Waals surface area contributed by atoms with Crippen LogP contribution in [0.1, 0.15) is 18.4 Å². The van der Waals surface area contributed by atoms with E-state index in [1.54, 1.807) is 0 Å². The van der Waals surface area contributed by atoms with Gasteiger partial charge in [0.1, 0.15) is 0 Å². The highest BCUT2D eigenvalue weighted by Crippen LogP contribution is 2.44. The molecular weight excluding hydrogens is 174 g/mol. The van der Waals surface area contributed by atoms with Crippen LogP contribution in [0.15, 0.2) is 24.3 Å². The quantitative estimate of drug-likeness (QED) is 0.764. The normalized spacial score (nSPS) is 17.9. The Labute approximate surface area is 85.0 Å². The third-order valence-corrected chi connectivity index (χ3v) is 3.01. The summed E-state index contributed by atoms with van der Waals surface area (Å²) in [4.78, 5) is 0. The summed E-state index contributed by atoms with van der Waals surface area (Å²) in [6, 6.07) is 8.37. The van der Waals surface area contributed by atoms with Gasteiger partial charge in [0.05, 0.1) is 6.61 Å². The zero-order valence-electron chi connectivity index (χ0n) is 8.59. The lowest BCUT2D eigenvalue weighted by Crippen LogP contribution is -2.18. The summed E-state index contributed by atoms with van der Waals surface area (Å²) in [7, 11) is 0. The summed E-state index contributed by atoms with van der Waals surface area (Å²) in [5.41, 5.74) is 2.61. The van der Waals surface area contributed by atoms with E-state index in [2.05, 4.69) is 36.5 Å². The summed E-state index contributed by atoms with van der Waals surface area (Å²) in [6.07, 6.45) is 2.31. The Bertz CT molecular complexity index is 301. The standard InChI is InChI=1S/C12H17NO/c1-10-2-4-11(5-3-10)13-8-12(9-14)6-7-12/h2-5,13-14H,6-9H2,1H3. The Morgan fingerprint density at radius 2 is 1.93 bits per heavy atom. The van der Waals surface area contributed by atoms with Gasteiger partial charge < -0.3 is 10.4 Å². The largest absolute Gasteiger partial charge is 0.396 e. The molecule has 2 N–H and O–H groups in total. The van der Waals surface area contributed by atoms with Crippen molar-refractivity contribution >= 4 is 5.69 Å². The van der Waals surface area contributed by atoms with Gasteiger partial charge in [-0.15, -0.1) is 0 Å². The van der Waals surface area contributed by atoms with Crippen molar-refractivity contribution in [2.24, 2.45) is 5.41 Å². The summed E-state index contributed by atoms with van der Waals surface area (Å²) < 4.78 is 0. The fraction of sp³-hybridized carbons (Fsp3) is 0.500. The van der Waals surface area contributed by atoms with Crippen LogP contribution in [0.5, 0.6) is 0 Å². The lowest BCUT2D eigenvalue weighted by molar-refractivity contribution is 0.220. The maximum absolute atomic E-state index is 9.14. The summed E-state index contributed by atoms with van der Waals surface area (Å²) >= 11 is 0. The molecule has 1 aliphatic rings. The number of aliphatic hydroxyl groups excluding tert-OH is 1. The molecule has 1 aromatic carbocycles. The van der Waals surface area contributed by atoms with Crippen LogP contribution in [0.3, 0.4) is 0 Å². The van der Waals surface area contributed by atoms with Crippen LogP contribution in [0.4, 0.5) is 5.69 Å². The molecule has 2 nitrogen and oxygen atoms in total. The van der Waals surface area contributed by atoms with Crippen LogP contribution in [-0.2, 0) is 0 Å². The van der Waals surface area contributed by atoms with Crippen LogP contribution >= 0.6 is 0 Å². The minimum Gasteiger partial charge on any atom is -0.396 e. The average Bonchev–Trinajstić information content (AvgIpc) is 2.98. The van der Waals surface area contributed by atoms with E-state index in [4.69, 9.17) is 5.11 Å². The first kappa shape index (κ1) is 9.53. The van der Waals surface area contributed by atoms with Crippen LogP contribution < -0.4 is 5.32 Å². The fourth-order valence-corrected chi connectivity index (χ4v) is 1.53. The highest BCUT2D eigenvalue weighted by atomic mass is 16.3. The molecule has 1 aliphatic carbocycles.